The summed E-state index contributed by atoms with van der Waals surface area (Å²) in [6.45, 7) is 5.98. The molecule has 4 rings (SSSR count). The number of ether oxygens (including phenoxy) is 1. The fraction of sp³-hybridized carbons (Fsp3) is 0.350. The van der Waals surface area contributed by atoms with Crippen LogP contribution in [0.4, 0.5) is 0 Å². The van der Waals surface area contributed by atoms with Crippen LogP contribution in [0.5, 0.6) is 5.75 Å². The molecule has 7 nitrogen and oxygen atoms in total. The quantitative estimate of drug-likeness (QED) is 0.747. The molecule has 0 aliphatic carbocycles. The minimum Gasteiger partial charge on any atom is -0.487 e. The van der Waals surface area contributed by atoms with Gasteiger partial charge in [-0.05, 0) is 32.9 Å². The van der Waals surface area contributed by atoms with E-state index < -0.39 is 0 Å². The van der Waals surface area contributed by atoms with Crippen LogP contribution in [0.3, 0.4) is 0 Å². The number of aromatic nitrogens is 4. The summed E-state index contributed by atoms with van der Waals surface area (Å²) in [5.74, 6) is 0.628. The van der Waals surface area contributed by atoms with Gasteiger partial charge in [0, 0.05) is 30.8 Å². The molecule has 7 heteroatoms. The molecule has 27 heavy (non-hydrogen) atoms. The number of hydrogen-bond donors (Lipinski definition) is 2. The summed E-state index contributed by atoms with van der Waals surface area (Å²) in [5, 5.41) is 14.6. The number of rotatable bonds is 3. The maximum Gasteiger partial charge on any atom is 0.269 e. The van der Waals surface area contributed by atoms with Crippen molar-refractivity contribution in [1.29, 1.82) is 0 Å². The van der Waals surface area contributed by atoms with E-state index in [0.717, 1.165) is 22.6 Å². The fourth-order valence-corrected chi connectivity index (χ4v) is 3.59. The second-order valence-electron chi connectivity index (χ2n) is 7.60. The molecule has 1 aliphatic heterocycles. The Balaban J connectivity index is 1.57. The van der Waals surface area contributed by atoms with Crippen molar-refractivity contribution in [2.75, 3.05) is 0 Å². The van der Waals surface area contributed by atoms with Crippen LogP contribution in [0.1, 0.15) is 48.1 Å². The zero-order valence-corrected chi connectivity index (χ0v) is 15.9. The predicted molar refractivity (Wildman–Crippen MR) is 101 cm³/mol. The van der Waals surface area contributed by atoms with Gasteiger partial charge < -0.3 is 10.1 Å². The van der Waals surface area contributed by atoms with Gasteiger partial charge in [-0.1, -0.05) is 18.2 Å². The summed E-state index contributed by atoms with van der Waals surface area (Å²) in [6.07, 6.45) is 2.59. The standard InChI is InChI=1S/C20H23N5O2/c1-12-14(11-25(4)24-12)15-9-16(23-22-15)19(26)21-17-10-20(2,3)27-18-8-6-5-7-13(17)18/h5-9,11,17H,10H2,1-4H3,(H,21,26)(H,22,23). The highest BCUT2D eigenvalue weighted by atomic mass is 16.5. The fourth-order valence-electron chi connectivity index (χ4n) is 3.59. The van der Waals surface area contributed by atoms with Gasteiger partial charge in [0.15, 0.2) is 0 Å². The summed E-state index contributed by atoms with van der Waals surface area (Å²) >= 11 is 0. The molecule has 140 valence electrons. The molecular weight excluding hydrogens is 342 g/mol. The zero-order valence-electron chi connectivity index (χ0n) is 15.9. The second kappa shape index (κ2) is 6.26. The number of amides is 1. The number of aromatic amines is 1. The van der Waals surface area contributed by atoms with E-state index >= 15 is 0 Å². The monoisotopic (exact) mass is 365 g/mol. The van der Waals surface area contributed by atoms with Gasteiger partial charge >= 0.3 is 0 Å². The van der Waals surface area contributed by atoms with Crippen LogP contribution in [0.15, 0.2) is 36.5 Å². The second-order valence-corrected chi connectivity index (χ2v) is 7.60. The van der Waals surface area contributed by atoms with Crippen molar-refractivity contribution in [2.24, 2.45) is 7.05 Å². The van der Waals surface area contributed by atoms with Crippen molar-refractivity contribution in [1.82, 2.24) is 25.3 Å². The van der Waals surface area contributed by atoms with Gasteiger partial charge in [0.2, 0.25) is 0 Å². The van der Waals surface area contributed by atoms with Gasteiger partial charge in [0.25, 0.3) is 5.91 Å². The highest BCUT2D eigenvalue weighted by Gasteiger charge is 2.34. The Morgan fingerprint density at radius 2 is 2.15 bits per heavy atom. The van der Waals surface area contributed by atoms with E-state index in [1.165, 1.54) is 0 Å². The van der Waals surface area contributed by atoms with E-state index in [1.54, 1.807) is 10.7 Å². The highest BCUT2D eigenvalue weighted by molar-refractivity contribution is 5.93. The molecular formula is C20H23N5O2. The number of fused-ring (bicyclic) bond motifs is 1. The minimum absolute atomic E-state index is 0.121. The first kappa shape index (κ1) is 17.3. The molecule has 0 radical (unpaired) electrons. The Labute approximate surface area is 157 Å². The topological polar surface area (TPSA) is 84.8 Å². The molecule has 3 aromatic rings. The van der Waals surface area contributed by atoms with Crippen molar-refractivity contribution < 1.29 is 9.53 Å². The lowest BCUT2D eigenvalue weighted by atomic mass is 9.89. The number of H-pyrrole nitrogens is 1. The van der Waals surface area contributed by atoms with Crippen LogP contribution >= 0.6 is 0 Å². The average Bonchev–Trinajstić information content (AvgIpc) is 3.20. The van der Waals surface area contributed by atoms with Crippen molar-refractivity contribution in [2.45, 2.75) is 38.8 Å². The summed E-state index contributed by atoms with van der Waals surface area (Å²) in [6, 6.07) is 9.47. The van der Waals surface area contributed by atoms with Crippen LogP contribution in [0.25, 0.3) is 11.3 Å². The largest absolute Gasteiger partial charge is 0.487 e. The van der Waals surface area contributed by atoms with Crippen LogP contribution in [-0.2, 0) is 7.05 Å². The zero-order chi connectivity index (χ0) is 19.2. The number of carbonyl (C=O) groups is 1. The normalized spacial score (nSPS) is 17.9. The predicted octanol–water partition coefficient (Wildman–Crippen LogP) is 3.15. The number of aryl methyl sites for hydroxylation is 2. The SMILES string of the molecule is Cc1nn(C)cc1-c1cc(C(=O)NC2CC(C)(C)Oc3ccccc32)[nH]n1. The van der Waals surface area contributed by atoms with E-state index in [2.05, 4.69) is 20.6 Å². The Bertz CT molecular complexity index is 1000. The number of para-hydroxylation sites is 1. The van der Waals surface area contributed by atoms with Crippen LogP contribution < -0.4 is 10.1 Å². The number of carbonyl (C=O) groups excluding carboxylic acids is 1. The first-order valence-corrected chi connectivity index (χ1v) is 8.97. The Morgan fingerprint density at radius 1 is 1.37 bits per heavy atom. The third-order valence-electron chi connectivity index (χ3n) is 4.79. The molecule has 1 atom stereocenters. The molecule has 2 aromatic heterocycles. The number of hydrogen-bond acceptors (Lipinski definition) is 4. The lowest BCUT2D eigenvalue weighted by molar-refractivity contribution is 0.0618. The summed E-state index contributed by atoms with van der Waals surface area (Å²) in [7, 11) is 1.86. The van der Waals surface area contributed by atoms with Crippen LogP contribution in [0.2, 0.25) is 0 Å². The molecule has 0 bridgehead atoms. The number of nitrogens with one attached hydrogen (secondary N) is 2. The Morgan fingerprint density at radius 3 is 2.89 bits per heavy atom. The van der Waals surface area contributed by atoms with Crippen molar-refractivity contribution >= 4 is 5.91 Å². The summed E-state index contributed by atoms with van der Waals surface area (Å²) < 4.78 is 7.77. The Kier molecular flexibility index (Phi) is 4.02. The van der Waals surface area contributed by atoms with Crippen LogP contribution in [-0.4, -0.2) is 31.5 Å². The van der Waals surface area contributed by atoms with E-state index in [-0.39, 0.29) is 17.6 Å². The maximum atomic E-state index is 12.8. The molecule has 3 heterocycles. The maximum absolute atomic E-state index is 12.8. The summed E-state index contributed by atoms with van der Waals surface area (Å²) in [5.41, 5.74) is 3.56. The van der Waals surface area contributed by atoms with Gasteiger partial charge in [-0.2, -0.15) is 10.2 Å². The molecule has 1 unspecified atom stereocenters. The number of nitrogens with zero attached hydrogens (tertiary/aromatic N) is 3. The van der Waals surface area contributed by atoms with Crippen molar-refractivity contribution in [3.8, 4) is 17.0 Å². The highest BCUT2D eigenvalue weighted by Crippen LogP contribution is 2.39. The lowest BCUT2D eigenvalue weighted by Crippen LogP contribution is -2.41. The molecule has 0 fully saturated rings. The molecule has 1 aromatic carbocycles. The van der Waals surface area contributed by atoms with E-state index in [4.69, 9.17) is 4.74 Å². The van der Waals surface area contributed by atoms with Gasteiger partial charge in [0.05, 0.1) is 17.4 Å². The summed E-state index contributed by atoms with van der Waals surface area (Å²) in [4.78, 5) is 12.8. The van der Waals surface area contributed by atoms with E-state index in [1.807, 2.05) is 58.3 Å². The van der Waals surface area contributed by atoms with E-state index in [0.29, 0.717) is 17.8 Å². The first-order chi connectivity index (χ1) is 12.8. The van der Waals surface area contributed by atoms with E-state index in [9.17, 15) is 4.79 Å². The van der Waals surface area contributed by atoms with Gasteiger partial charge in [-0.15, -0.1) is 0 Å². The third-order valence-corrected chi connectivity index (χ3v) is 4.79. The molecule has 0 saturated carbocycles. The average molecular weight is 365 g/mol. The first-order valence-electron chi connectivity index (χ1n) is 8.97. The molecule has 1 amide bonds. The number of benzene rings is 1. The lowest BCUT2D eigenvalue weighted by Gasteiger charge is -2.37. The van der Waals surface area contributed by atoms with Gasteiger partial charge in [0.1, 0.15) is 17.0 Å². The molecule has 0 saturated heterocycles. The van der Waals surface area contributed by atoms with Crippen molar-refractivity contribution in [3.05, 3.63) is 53.5 Å². The third kappa shape index (κ3) is 3.32. The molecule has 2 N–H and O–H groups in total. The Hall–Kier alpha value is -3.09. The van der Waals surface area contributed by atoms with Gasteiger partial charge in [-0.25, -0.2) is 0 Å². The molecule has 1 aliphatic rings. The van der Waals surface area contributed by atoms with Gasteiger partial charge in [-0.3, -0.25) is 14.6 Å². The molecule has 0 spiro atoms. The van der Waals surface area contributed by atoms with Crippen molar-refractivity contribution in [3.63, 3.8) is 0 Å². The van der Waals surface area contributed by atoms with Crippen LogP contribution in [0, 0.1) is 6.92 Å². The minimum atomic E-state index is -0.349. The smallest absolute Gasteiger partial charge is 0.269 e.